The minimum absolute atomic E-state index is 0.0629. The molecule has 1 aliphatic heterocycles. The molecule has 5 rings (SSSR count). The van der Waals surface area contributed by atoms with E-state index in [1.54, 1.807) is 41.2 Å². The van der Waals surface area contributed by atoms with Crippen LogP contribution < -0.4 is 5.32 Å². The van der Waals surface area contributed by atoms with Crippen molar-refractivity contribution in [2.45, 2.75) is 25.8 Å². The molecule has 37 heavy (non-hydrogen) atoms. The number of rotatable bonds is 8. The number of benzene rings is 3. The predicted octanol–water partition coefficient (Wildman–Crippen LogP) is 6.01. The van der Waals surface area contributed by atoms with E-state index in [0.717, 1.165) is 36.6 Å². The van der Waals surface area contributed by atoms with Crippen LogP contribution in [0.2, 0.25) is 0 Å². The third kappa shape index (κ3) is 6.48. The van der Waals surface area contributed by atoms with Crippen LogP contribution in [0.25, 0.3) is 11.8 Å². The van der Waals surface area contributed by atoms with Crippen LogP contribution in [0.1, 0.15) is 51.1 Å². The molecule has 0 radical (unpaired) electrons. The Bertz CT molecular complexity index is 1400. The highest BCUT2D eigenvalue weighted by molar-refractivity contribution is 6.06. The van der Waals surface area contributed by atoms with E-state index >= 15 is 0 Å². The number of nitrogens with zero attached hydrogens (tertiary/aromatic N) is 3. The van der Waals surface area contributed by atoms with Crippen LogP contribution >= 0.6 is 0 Å². The lowest BCUT2D eigenvalue weighted by atomic mass is 10.1. The Morgan fingerprint density at radius 2 is 1.65 bits per heavy atom. The van der Waals surface area contributed by atoms with E-state index in [2.05, 4.69) is 27.4 Å². The molecule has 6 nitrogen and oxygen atoms in total. The average Bonchev–Trinajstić information content (AvgIpc) is 3.42. The zero-order chi connectivity index (χ0) is 25.5. The van der Waals surface area contributed by atoms with E-state index in [1.165, 1.54) is 24.8 Å². The first-order chi connectivity index (χ1) is 18.1. The van der Waals surface area contributed by atoms with Crippen LogP contribution in [0, 0.1) is 0 Å². The number of carbonyl (C=O) groups is 2. The molecule has 4 aromatic rings. The average molecular weight is 491 g/mol. The van der Waals surface area contributed by atoms with E-state index in [-0.39, 0.29) is 11.7 Å². The number of nitrogens with one attached hydrogen (secondary N) is 1. The molecule has 0 saturated carbocycles. The van der Waals surface area contributed by atoms with Gasteiger partial charge in [0.2, 0.25) is 0 Å². The van der Waals surface area contributed by atoms with Gasteiger partial charge in [0, 0.05) is 35.1 Å². The Morgan fingerprint density at radius 1 is 0.865 bits per heavy atom. The summed E-state index contributed by atoms with van der Waals surface area (Å²) in [7, 11) is 0. The summed E-state index contributed by atoms with van der Waals surface area (Å²) in [6, 6.07) is 24.6. The summed E-state index contributed by atoms with van der Waals surface area (Å²) < 4.78 is 1.70. The Balaban J connectivity index is 1.24. The first-order valence-corrected chi connectivity index (χ1v) is 12.7. The maximum absolute atomic E-state index is 13.0. The van der Waals surface area contributed by atoms with Gasteiger partial charge in [0.25, 0.3) is 5.91 Å². The standard InChI is InChI=1S/C31H30N4O2/c36-30(26-10-3-1-4-11-26)16-15-25-21-32-35(23-25)29-14-8-12-27(20-29)31(37)33-28-13-7-9-24(19-28)22-34-17-5-2-6-18-34/h1,3-4,7-16,19-21,23H,2,5-6,17-18,22H2,(H,33,37)/b16-15+. The van der Waals surface area contributed by atoms with Crippen molar-refractivity contribution < 1.29 is 9.59 Å². The van der Waals surface area contributed by atoms with E-state index in [4.69, 9.17) is 0 Å². The molecule has 1 N–H and O–H groups in total. The van der Waals surface area contributed by atoms with Gasteiger partial charge in [-0.05, 0) is 74.0 Å². The maximum Gasteiger partial charge on any atom is 0.255 e. The summed E-state index contributed by atoms with van der Waals surface area (Å²) in [5, 5.41) is 7.44. The SMILES string of the molecule is O=C(/C=C/c1cnn(-c2cccc(C(=O)Nc3cccc(CN4CCCCC4)c3)c2)c1)c1ccccc1. The quantitative estimate of drug-likeness (QED) is 0.243. The molecule has 1 fully saturated rings. The third-order valence-electron chi connectivity index (χ3n) is 6.50. The second kappa shape index (κ2) is 11.6. The number of ketones is 1. The Morgan fingerprint density at radius 3 is 2.49 bits per heavy atom. The lowest BCUT2D eigenvalue weighted by molar-refractivity contribution is 0.102. The smallest absolute Gasteiger partial charge is 0.255 e. The normalized spacial score (nSPS) is 14.1. The predicted molar refractivity (Wildman–Crippen MR) is 147 cm³/mol. The number of amides is 1. The largest absolute Gasteiger partial charge is 0.322 e. The topological polar surface area (TPSA) is 67.2 Å². The first-order valence-electron chi connectivity index (χ1n) is 12.7. The van der Waals surface area contributed by atoms with Crippen molar-refractivity contribution in [1.82, 2.24) is 14.7 Å². The summed E-state index contributed by atoms with van der Waals surface area (Å²) in [5.74, 6) is -0.232. The van der Waals surface area contributed by atoms with Crippen molar-refractivity contribution in [3.8, 4) is 5.69 Å². The highest BCUT2D eigenvalue weighted by atomic mass is 16.1. The molecular weight excluding hydrogens is 460 g/mol. The summed E-state index contributed by atoms with van der Waals surface area (Å²) in [5.41, 5.74) is 4.74. The maximum atomic E-state index is 13.0. The van der Waals surface area contributed by atoms with Gasteiger partial charge in [0.05, 0.1) is 11.9 Å². The summed E-state index contributed by atoms with van der Waals surface area (Å²) in [6.07, 6.45) is 10.6. The minimum atomic E-state index is -0.169. The molecule has 0 unspecified atom stereocenters. The lowest BCUT2D eigenvalue weighted by Gasteiger charge is -2.26. The molecule has 6 heteroatoms. The van der Waals surface area contributed by atoms with Crippen molar-refractivity contribution in [1.29, 1.82) is 0 Å². The van der Waals surface area contributed by atoms with Gasteiger partial charge in [-0.2, -0.15) is 5.10 Å². The summed E-state index contributed by atoms with van der Waals surface area (Å²) in [6.45, 7) is 3.18. The van der Waals surface area contributed by atoms with Gasteiger partial charge in [-0.1, -0.05) is 55.0 Å². The molecule has 1 aromatic heterocycles. The van der Waals surface area contributed by atoms with Gasteiger partial charge in [0.15, 0.2) is 5.78 Å². The van der Waals surface area contributed by atoms with E-state index < -0.39 is 0 Å². The van der Waals surface area contributed by atoms with Crippen LogP contribution in [0.15, 0.2) is 97.3 Å². The Labute approximate surface area is 217 Å². The van der Waals surface area contributed by atoms with Gasteiger partial charge in [-0.15, -0.1) is 0 Å². The molecule has 3 aromatic carbocycles. The van der Waals surface area contributed by atoms with Crippen LogP contribution in [0.4, 0.5) is 5.69 Å². The van der Waals surface area contributed by atoms with Crippen molar-refractivity contribution >= 4 is 23.5 Å². The number of carbonyl (C=O) groups excluding carboxylic acids is 2. The molecule has 1 aliphatic rings. The number of aromatic nitrogens is 2. The fourth-order valence-corrected chi connectivity index (χ4v) is 4.55. The van der Waals surface area contributed by atoms with Crippen LogP contribution in [-0.4, -0.2) is 39.5 Å². The number of likely N-dealkylation sites (tertiary alicyclic amines) is 1. The minimum Gasteiger partial charge on any atom is -0.322 e. The third-order valence-corrected chi connectivity index (χ3v) is 6.50. The highest BCUT2D eigenvalue weighted by Crippen LogP contribution is 2.18. The fourth-order valence-electron chi connectivity index (χ4n) is 4.55. The van der Waals surface area contributed by atoms with Gasteiger partial charge in [0.1, 0.15) is 0 Å². The van der Waals surface area contributed by atoms with Crippen molar-refractivity contribution in [2.75, 3.05) is 18.4 Å². The van der Waals surface area contributed by atoms with Crippen LogP contribution in [0.3, 0.4) is 0 Å². The zero-order valence-corrected chi connectivity index (χ0v) is 20.7. The highest BCUT2D eigenvalue weighted by Gasteiger charge is 2.12. The molecule has 186 valence electrons. The lowest BCUT2D eigenvalue weighted by Crippen LogP contribution is -2.29. The van der Waals surface area contributed by atoms with Crippen molar-refractivity contribution in [3.05, 3.63) is 120 Å². The number of anilines is 1. The van der Waals surface area contributed by atoms with Crippen LogP contribution in [-0.2, 0) is 6.54 Å². The molecule has 1 amide bonds. The van der Waals surface area contributed by atoms with E-state index in [1.807, 2.05) is 54.7 Å². The monoisotopic (exact) mass is 490 g/mol. The second-order valence-electron chi connectivity index (χ2n) is 9.32. The Hall–Kier alpha value is -4.29. The van der Waals surface area contributed by atoms with Gasteiger partial charge in [-0.3, -0.25) is 14.5 Å². The number of allylic oxidation sites excluding steroid dienone is 1. The number of hydrogen-bond acceptors (Lipinski definition) is 4. The van der Waals surface area contributed by atoms with Crippen LogP contribution in [0.5, 0.6) is 0 Å². The molecule has 1 saturated heterocycles. The zero-order valence-electron chi connectivity index (χ0n) is 20.7. The van der Waals surface area contributed by atoms with Crippen molar-refractivity contribution in [2.24, 2.45) is 0 Å². The Kier molecular flexibility index (Phi) is 7.67. The molecule has 0 atom stereocenters. The summed E-state index contributed by atoms with van der Waals surface area (Å²) in [4.78, 5) is 27.8. The number of piperidine rings is 1. The van der Waals surface area contributed by atoms with Gasteiger partial charge in [-0.25, -0.2) is 4.68 Å². The fraction of sp³-hybridized carbons (Fsp3) is 0.194. The number of hydrogen-bond donors (Lipinski definition) is 1. The summed E-state index contributed by atoms with van der Waals surface area (Å²) >= 11 is 0. The second-order valence-corrected chi connectivity index (χ2v) is 9.32. The van der Waals surface area contributed by atoms with Gasteiger partial charge < -0.3 is 5.32 Å². The van der Waals surface area contributed by atoms with E-state index in [0.29, 0.717) is 11.1 Å². The molecular formula is C31H30N4O2. The van der Waals surface area contributed by atoms with E-state index in [9.17, 15) is 9.59 Å². The first kappa shape index (κ1) is 24.4. The molecule has 2 heterocycles. The molecule has 0 aliphatic carbocycles. The van der Waals surface area contributed by atoms with Crippen molar-refractivity contribution in [3.63, 3.8) is 0 Å². The molecule has 0 spiro atoms. The van der Waals surface area contributed by atoms with Gasteiger partial charge >= 0.3 is 0 Å². The molecule has 0 bridgehead atoms.